The zero-order valence-corrected chi connectivity index (χ0v) is 23.5. The number of piperidine rings is 1. The third-order valence-electron chi connectivity index (χ3n) is 8.63. The van der Waals surface area contributed by atoms with E-state index in [1.165, 1.54) is 22.1 Å². The molecule has 3 aromatic carbocycles. The second kappa shape index (κ2) is 10.8. The van der Waals surface area contributed by atoms with E-state index in [0.29, 0.717) is 12.1 Å². The topological polar surface area (TPSA) is 73.0 Å². The first kappa shape index (κ1) is 27.3. The van der Waals surface area contributed by atoms with Crippen molar-refractivity contribution in [1.29, 1.82) is 0 Å². The molecule has 3 heterocycles. The van der Waals surface area contributed by atoms with Crippen molar-refractivity contribution in [3.05, 3.63) is 106 Å². The van der Waals surface area contributed by atoms with Gasteiger partial charge in [-0.2, -0.15) is 0 Å². The number of halogens is 1. The zero-order valence-electron chi connectivity index (χ0n) is 23.5. The lowest BCUT2D eigenvalue weighted by Gasteiger charge is -2.51. The first-order valence-corrected chi connectivity index (χ1v) is 14.3. The normalized spacial score (nSPS) is 21.3. The van der Waals surface area contributed by atoms with Gasteiger partial charge in [0.05, 0.1) is 11.6 Å². The van der Waals surface area contributed by atoms with Crippen LogP contribution in [-0.4, -0.2) is 63.6 Å². The molecule has 41 heavy (non-hydrogen) atoms. The van der Waals surface area contributed by atoms with Gasteiger partial charge < -0.3 is 4.90 Å². The number of nitrogens with zero attached hydrogens (tertiary/aromatic N) is 3. The van der Waals surface area contributed by atoms with Crippen LogP contribution in [0.3, 0.4) is 0 Å². The van der Waals surface area contributed by atoms with Gasteiger partial charge in [0, 0.05) is 44.7 Å². The van der Waals surface area contributed by atoms with E-state index < -0.39 is 23.7 Å². The van der Waals surface area contributed by atoms with Gasteiger partial charge in [0.15, 0.2) is 0 Å². The lowest BCUT2D eigenvalue weighted by Crippen LogP contribution is -2.59. The third kappa shape index (κ3) is 5.29. The summed E-state index contributed by atoms with van der Waals surface area (Å²) in [5.74, 6) is -1.87. The molecule has 8 heteroatoms. The van der Waals surface area contributed by atoms with Gasteiger partial charge in [-0.05, 0) is 48.6 Å². The van der Waals surface area contributed by atoms with Crippen LogP contribution in [0.4, 0.5) is 4.39 Å². The number of nitrogens with one attached hydrogen (secondary N) is 1. The smallest absolute Gasteiger partial charge is 0.258 e. The van der Waals surface area contributed by atoms with Crippen LogP contribution in [0.15, 0.2) is 72.8 Å². The van der Waals surface area contributed by atoms with Crippen molar-refractivity contribution in [1.82, 2.24) is 20.0 Å². The van der Waals surface area contributed by atoms with E-state index in [0.717, 1.165) is 25.2 Å². The first-order chi connectivity index (χ1) is 19.7. The van der Waals surface area contributed by atoms with Crippen molar-refractivity contribution in [3.63, 3.8) is 0 Å². The van der Waals surface area contributed by atoms with Crippen LogP contribution < -0.4 is 5.32 Å². The van der Waals surface area contributed by atoms with Crippen LogP contribution >= 0.6 is 0 Å². The molecular weight excluding hydrogens is 519 g/mol. The number of carbonyl (C=O) groups excluding carboxylic acids is 3. The van der Waals surface area contributed by atoms with E-state index in [2.05, 4.69) is 77.5 Å². The van der Waals surface area contributed by atoms with Gasteiger partial charge in [0.25, 0.3) is 5.91 Å². The molecule has 0 radical (unpaired) electrons. The molecular formula is C33H35FN4O3. The highest BCUT2D eigenvalue weighted by atomic mass is 19.1. The van der Waals surface area contributed by atoms with Gasteiger partial charge in [0.2, 0.25) is 11.8 Å². The van der Waals surface area contributed by atoms with Crippen molar-refractivity contribution in [2.24, 2.45) is 0 Å². The van der Waals surface area contributed by atoms with Crippen LogP contribution in [-0.2, 0) is 22.7 Å². The van der Waals surface area contributed by atoms with E-state index in [-0.39, 0.29) is 42.4 Å². The van der Waals surface area contributed by atoms with E-state index in [1.54, 1.807) is 0 Å². The minimum atomic E-state index is -0.758. The Kier molecular flexibility index (Phi) is 7.21. The van der Waals surface area contributed by atoms with Gasteiger partial charge in [-0.1, -0.05) is 66.7 Å². The van der Waals surface area contributed by atoms with Crippen molar-refractivity contribution in [2.45, 2.75) is 57.4 Å². The summed E-state index contributed by atoms with van der Waals surface area (Å²) in [6.45, 7) is 7.71. The summed E-state index contributed by atoms with van der Waals surface area (Å²) in [4.78, 5) is 43.3. The molecule has 2 fully saturated rings. The number of fused-ring (bicyclic) bond motifs is 1. The van der Waals surface area contributed by atoms with E-state index in [9.17, 15) is 14.4 Å². The molecule has 3 aliphatic rings. The zero-order chi connectivity index (χ0) is 28.7. The van der Waals surface area contributed by atoms with Gasteiger partial charge in [0.1, 0.15) is 11.9 Å². The lowest BCUT2D eigenvalue weighted by molar-refractivity contribution is -0.136. The summed E-state index contributed by atoms with van der Waals surface area (Å²) >= 11 is 0. The number of hydrogen-bond donors (Lipinski definition) is 1. The summed E-state index contributed by atoms with van der Waals surface area (Å²) < 4.78 is 15.3. The Hall–Kier alpha value is -3.88. The third-order valence-corrected chi connectivity index (χ3v) is 8.63. The number of hydrogen-bond acceptors (Lipinski definition) is 5. The van der Waals surface area contributed by atoms with Crippen molar-refractivity contribution < 1.29 is 18.8 Å². The molecule has 2 saturated heterocycles. The predicted molar refractivity (Wildman–Crippen MR) is 153 cm³/mol. The molecule has 212 valence electrons. The largest absolute Gasteiger partial charge is 0.322 e. The average molecular weight is 555 g/mol. The number of rotatable bonds is 6. The molecule has 0 spiro atoms. The van der Waals surface area contributed by atoms with E-state index in [1.807, 2.05) is 18.2 Å². The number of carbonyl (C=O) groups is 3. The van der Waals surface area contributed by atoms with Gasteiger partial charge in [-0.15, -0.1) is 0 Å². The number of piperazine rings is 1. The van der Waals surface area contributed by atoms with Crippen LogP contribution in [0.2, 0.25) is 0 Å². The minimum absolute atomic E-state index is 0.0390. The van der Waals surface area contributed by atoms with Crippen molar-refractivity contribution in [3.8, 4) is 0 Å². The highest BCUT2D eigenvalue weighted by Crippen LogP contribution is 2.37. The maximum atomic E-state index is 15.3. The molecule has 0 saturated carbocycles. The summed E-state index contributed by atoms with van der Waals surface area (Å²) in [6, 6.07) is 23.9. The quantitative estimate of drug-likeness (QED) is 0.461. The molecule has 1 N–H and O–H groups in total. The van der Waals surface area contributed by atoms with Crippen LogP contribution in [0, 0.1) is 5.82 Å². The SMILES string of the molecule is CC1(C)CN(Cc2cc(F)c3c(c2)CN(C2CCC(=O)NC2=O)C3=O)CCN1C(c1ccccc1)c1ccccc1. The fourth-order valence-corrected chi connectivity index (χ4v) is 6.78. The summed E-state index contributed by atoms with van der Waals surface area (Å²) in [7, 11) is 0. The van der Waals surface area contributed by atoms with Crippen molar-refractivity contribution >= 4 is 17.7 Å². The summed E-state index contributed by atoms with van der Waals surface area (Å²) in [5.41, 5.74) is 3.80. The fraction of sp³-hybridized carbons (Fsp3) is 0.364. The molecule has 0 aromatic heterocycles. The Labute approximate surface area is 239 Å². The van der Waals surface area contributed by atoms with Gasteiger partial charge >= 0.3 is 0 Å². The molecule has 3 aromatic rings. The molecule has 1 unspecified atom stereocenters. The second-order valence-corrected chi connectivity index (χ2v) is 12.0. The van der Waals surface area contributed by atoms with Crippen molar-refractivity contribution in [2.75, 3.05) is 19.6 Å². The molecule has 7 nitrogen and oxygen atoms in total. The monoisotopic (exact) mass is 554 g/mol. The Morgan fingerprint density at radius 2 is 1.61 bits per heavy atom. The molecule has 0 bridgehead atoms. The average Bonchev–Trinajstić information content (AvgIpc) is 3.27. The summed E-state index contributed by atoms with van der Waals surface area (Å²) in [5, 5.41) is 2.30. The maximum absolute atomic E-state index is 15.3. The standard InChI is InChI=1S/C33H35FN4O3/c1-33(2)21-36(15-16-38(33)30(23-9-5-3-6-10-23)24-11-7-4-8-12-24)19-22-17-25-20-37(32(41)29(25)26(34)18-22)27-13-14-28(39)35-31(27)40/h3-12,17-18,27,30H,13-16,19-21H2,1-2H3,(H,35,39,40). The number of benzene rings is 3. The summed E-state index contributed by atoms with van der Waals surface area (Å²) in [6.07, 6.45) is 0.423. The van der Waals surface area contributed by atoms with E-state index in [4.69, 9.17) is 0 Å². The molecule has 6 rings (SSSR count). The lowest BCUT2D eigenvalue weighted by atomic mass is 9.89. The van der Waals surface area contributed by atoms with Gasteiger partial charge in [-0.3, -0.25) is 29.5 Å². The molecule has 0 aliphatic carbocycles. The van der Waals surface area contributed by atoms with E-state index >= 15 is 4.39 Å². The number of imide groups is 1. The number of amides is 3. The first-order valence-electron chi connectivity index (χ1n) is 14.3. The molecule has 3 amide bonds. The van der Waals surface area contributed by atoms with Crippen LogP contribution in [0.5, 0.6) is 0 Å². The predicted octanol–water partition coefficient (Wildman–Crippen LogP) is 4.27. The maximum Gasteiger partial charge on any atom is 0.258 e. The Balaban J connectivity index is 1.19. The Morgan fingerprint density at radius 3 is 2.22 bits per heavy atom. The fourth-order valence-electron chi connectivity index (χ4n) is 6.78. The highest BCUT2D eigenvalue weighted by Gasteiger charge is 2.42. The van der Waals surface area contributed by atoms with Crippen LogP contribution in [0.25, 0.3) is 0 Å². The molecule has 3 aliphatic heterocycles. The van der Waals surface area contributed by atoms with Gasteiger partial charge in [-0.25, -0.2) is 4.39 Å². The minimum Gasteiger partial charge on any atom is -0.322 e. The second-order valence-electron chi connectivity index (χ2n) is 12.0. The Morgan fingerprint density at radius 1 is 0.951 bits per heavy atom. The molecule has 1 atom stereocenters. The Bertz CT molecular complexity index is 1440. The highest BCUT2D eigenvalue weighted by molar-refractivity contribution is 6.05. The van der Waals surface area contributed by atoms with Crippen LogP contribution in [0.1, 0.15) is 65.3 Å².